The van der Waals surface area contributed by atoms with Crippen molar-refractivity contribution >= 4 is 32.0 Å². The molecule has 1 aliphatic heterocycles. The number of carbonyl (C=O) groups is 1. The number of nitrogens with zero attached hydrogens (tertiary/aromatic N) is 2. The van der Waals surface area contributed by atoms with Gasteiger partial charge in [0.2, 0.25) is 5.91 Å². The largest absolute Gasteiger partial charge is 0.363 e. The molecule has 1 aromatic carbocycles. The van der Waals surface area contributed by atoms with Gasteiger partial charge in [-0.2, -0.15) is 0 Å². The minimum Gasteiger partial charge on any atom is -0.363 e. The van der Waals surface area contributed by atoms with Crippen molar-refractivity contribution in [3.05, 3.63) is 36.5 Å². The second-order valence-corrected chi connectivity index (χ2v) is 9.46. The number of alkyl halides is 1. The lowest BCUT2D eigenvalue weighted by molar-refractivity contribution is -0.121. The highest BCUT2D eigenvalue weighted by molar-refractivity contribution is 7.28. The van der Waals surface area contributed by atoms with Crippen molar-refractivity contribution in [2.45, 2.75) is 44.9 Å². The Bertz CT molecular complexity index is 941. The number of rotatable bonds is 6. The van der Waals surface area contributed by atoms with Crippen molar-refractivity contribution in [1.29, 1.82) is 0 Å². The van der Waals surface area contributed by atoms with E-state index in [4.69, 9.17) is 10.5 Å². The molecular formula is C24H32FN4O2P. The van der Waals surface area contributed by atoms with Crippen LogP contribution < -0.4 is 21.3 Å². The van der Waals surface area contributed by atoms with Crippen LogP contribution in [0, 0.1) is 11.8 Å². The summed E-state index contributed by atoms with van der Waals surface area (Å²) in [6.45, 7) is 2.98. The van der Waals surface area contributed by atoms with Crippen LogP contribution in [0.1, 0.15) is 32.6 Å². The van der Waals surface area contributed by atoms with E-state index in [-0.39, 0.29) is 37.1 Å². The van der Waals surface area contributed by atoms with E-state index < -0.39 is 6.17 Å². The van der Waals surface area contributed by atoms with Gasteiger partial charge in [-0.05, 0) is 42.6 Å². The van der Waals surface area contributed by atoms with Crippen LogP contribution >= 0.6 is 9.24 Å². The zero-order chi connectivity index (χ0) is 22.7. The van der Waals surface area contributed by atoms with Crippen molar-refractivity contribution in [3.63, 3.8) is 0 Å². The predicted octanol–water partition coefficient (Wildman–Crippen LogP) is 3.47. The third kappa shape index (κ3) is 4.95. The molecule has 2 aromatic rings. The van der Waals surface area contributed by atoms with Crippen LogP contribution in [0.25, 0.3) is 11.1 Å². The van der Waals surface area contributed by atoms with Crippen LogP contribution in [-0.4, -0.2) is 43.0 Å². The summed E-state index contributed by atoms with van der Waals surface area (Å²) < 4.78 is 19.9. The molecule has 1 amide bonds. The second-order valence-electron chi connectivity index (χ2n) is 8.84. The van der Waals surface area contributed by atoms with Gasteiger partial charge < -0.3 is 20.7 Å². The summed E-state index contributed by atoms with van der Waals surface area (Å²) in [6, 6.07) is 9.91. The Balaban J connectivity index is 1.64. The fourth-order valence-electron chi connectivity index (χ4n) is 4.73. The lowest BCUT2D eigenvalue weighted by Crippen LogP contribution is -2.32. The summed E-state index contributed by atoms with van der Waals surface area (Å²) in [5.74, 6) is 0.454. The number of ether oxygens (including phenoxy) is 1. The molecule has 3 atom stereocenters. The van der Waals surface area contributed by atoms with E-state index >= 15 is 0 Å². The summed E-state index contributed by atoms with van der Waals surface area (Å²) in [7, 11) is 2.75. The zero-order valence-corrected chi connectivity index (χ0v) is 19.6. The smallest absolute Gasteiger partial charge is 0.227 e. The van der Waals surface area contributed by atoms with Crippen LogP contribution in [0.15, 0.2) is 36.5 Å². The Labute approximate surface area is 191 Å². The number of amides is 1. The van der Waals surface area contributed by atoms with E-state index in [2.05, 4.69) is 19.5 Å². The first-order valence-electron chi connectivity index (χ1n) is 11.3. The normalized spacial score (nSPS) is 25.7. The molecule has 0 bridgehead atoms. The molecule has 172 valence electrons. The number of anilines is 2. The third-order valence-electron chi connectivity index (χ3n) is 6.63. The summed E-state index contributed by atoms with van der Waals surface area (Å²) in [4.78, 5) is 19.8. The number of carbonyl (C=O) groups excluding carboxylic acids is 1. The minimum atomic E-state index is -0.907. The van der Waals surface area contributed by atoms with Gasteiger partial charge in [-0.1, -0.05) is 31.2 Å². The molecule has 1 aromatic heterocycles. The topological polar surface area (TPSA) is 80.5 Å². The van der Waals surface area contributed by atoms with Crippen molar-refractivity contribution in [1.82, 2.24) is 4.98 Å². The van der Waals surface area contributed by atoms with Gasteiger partial charge in [-0.3, -0.25) is 4.79 Å². The average Bonchev–Trinajstić information content (AvgIpc) is 3.13. The molecule has 1 saturated carbocycles. The van der Waals surface area contributed by atoms with Crippen molar-refractivity contribution in [2.24, 2.45) is 17.6 Å². The van der Waals surface area contributed by atoms with E-state index in [1.165, 1.54) is 0 Å². The number of pyridine rings is 1. The van der Waals surface area contributed by atoms with Crippen molar-refractivity contribution in [2.75, 3.05) is 30.0 Å². The highest BCUT2D eigenvalue weighted by atomic mass is 31.0. The highest BCUT2D eigenvalue weighted by Gasteiger charge is 2.33. The number of aromatic nitrogens is 1. The fourth-order valence-corrected chi connectivity index (χ4v) is 5.10. The number of hydrogen-bond donors (Lipinski definition) is 2. The summed E-state index contributed by atoms with van der Waals surface area (Å²) in [5, 5.41) is 4.21. The molecule has 32 heavy (non-hydrogen) atoms. The molecule has 4 rings (SSSR count). The Kier molecular flexibility index (Phi) is 7.39. The van der Waals surface area contributed by atoms with Gasteiger partial charge in [-0.25, -0.2) is 9.37 Å². The number of benzene rings is 1. The molecular weight excluding hydrogens is 426 g/mol. The van der Waals surface area contributed by atoms with Gasteiger partial charge in [0, 0.05) is 30.1 Å². The predicted molar refractivity (Wildman–Crippen MR) is 130 cm³/mol. The summed E-state index contributed by atoms with van der Waals surface area (Å²) in [5.41, 5.74) is 8.05. The molecule has 1 aliphatic carbocycles. The maximum atomic E-state index is 14.3. The van der Waals surface area contributed by atoms with E-state index in [0.29, 0.717) is 18.1 Å². The van der Waals surface area contributed by atoms with Crippen LogP contribution in [0.5, 0.6) is 0 Å². The number of halogens is 1. The van der Waals surface area contributed by atoms with E-state index in [1.807, 2.05) is 42.2 Å². The molecule has 2 heterocycles. The quantitative estimate of drug-likeness (QED) is 0.512. The SMILES string of the molecule is C[C@H]1CN(c2nccc(-c3ccccc3P)c2NC(=O)[C@H]2CC[C@H](OCN)CC2)C[C@H]1F. The lowest BCUT2D eigenvalue weighted by Gasteiger charge is -2.29. The molecule has 6 nitrogen and oxygen atoms in total. The minimum absolute atomic E-state index is 0.0167. The summed E-state index contributed by atoms with van der Waals surface area (Å²) >= 11 is 0. The Hall–Kier alpha value is -2.08. The first-order valence-corrected chi connectivity index (χ1v) is 11.9. The Morgan fingerprint density at radius 2 is 1.97 bits per heavy atom. The van der Waals surface area contributed by atoms with Gasteiger partial charge in [0.15, 0.2) is 5.82 Å². The van der Waals surface area contributed by atoms with Gasteiger partial charge in [-0.15, -0.1) is 9.24 Å². The molecule has 8 heteroatoms. The maximum absolute atomic E-state index is 14.3. The van der Waals surface area contributed by atoms with E-state index in [9.17, 15) is 9.18 Å². The van der Waals surface area contributed by atoms with E-state index in [1.54, 1.807) is 6.20 Å². The van der Waals surface area contributed by atoms with Crippen LogP contribution in [0.3, 0.4) is 0 Å². The molecule has 0 spiro atoms. The number of nitrogens with one attached hydrogen (secondary N) is 1. The zero-order valence-electron chi connectivity index (χ0n) is 18.5. The monoisotopic (exact) mass is 458 g/mol. The van der Waals surface area contributed by atoms with Gasteiger partial charge in [0.05, 0.1) is 25.1 Å². The van der Waals surface area contributed by atoms with Crippen molar-refractivity contribution in [3.8, 4) is 11.1 Å². The molecule has 3 N–H and O–H groups in total. The molecule has 2 fully saturated rings. The third-order valence-corrected chi connectivity index (χ3v) is 7.13. The van der Waals surface area contributed by atoms with Crippen LogP contribution in [0.2, 0.25) is 0 Å². The first-order chi connectivity index (χ1) is 15.5. The van der Waals surface area contributed by atoms with Gasteiger partial charge >= 0.3 is 0 Å². The van der Waals surface area contributed by atoms with Crippen LogP contribution in [0.4, 0.5) is 15.9 Å². The number of nitrogens with two attached hydrogens (primary N) is 1. The van der Waals surface area contributed by atoms with Crippen LogP contribution in [-0.2, 0) is 9.53 Å². The lowest BCUT2D eigenvalue weighted by atomic mass is 9.86. The maximum Gasteiger partial charge on any atom is 0.227 e. The Morgan fingerprint density at radius 3 is 2.62 bits per heavy atom. The molecule has 1 saturated heterocycles. The first kappa shape index (κ1) is 23.1. The van der Waals surface area contributed by atoms with Gasteiger partial charge in [0.25, 0.3) is 0 Å². The number of hydrogen-bond acceptors (Lipinski definition) is 5. The Morgan fingerprint density at radius 1 is 1.22 bits per heavy atom. The molecule has 2 aliphatic rings. The van der Waals surface area contributed by atoms with Crippen molar-refractivity contribution < 1.29 is 13.9 Å². The summed E-state index contributed by atoms with van der Waals surface area (Å²) in [6.07, 6.45) is 4.13. The van der Waals surface area contributed by atoms with Gasteiger partial charge in [0.1, 0.15) is 6.17 Å². The molecule has 1 unspecified atom stereocenters. The van der Waals surface area contributed by atoms with E-state index in [0.717, 1.165) is 42.1 Å². The second kappa shape index (κ2) is 10.2. The standard InChI is InChI=1S/C24H32FN4O2P/c1-15-12-29(13-20(15)25)23-22(19(10-11-27-23)18-4-2-3-5-21(18)32)28-24(30)16-6-8-17(9-7-16)31-14-26/h2-5,10-11,15-17,20H,6-9,12-14,26,32H2,1H3,(H,28,30)/t15-,16-,17-,20+/m0/s1. The highest BCUT2D eigenvalue weighted by Crippen LogP contribution is 2.38. The average molecular weight is 459 g/mol. The molecule has 0 radical (unpaired) electrons. The fraction of sp³-hybridized carbons (Fsp3) is 0.500.